The van der Waals surface area contributed by atoms with Crippen molar-refractivity contribution in [1.82, 2.24) is 0 Å². The first-order valence-corrected chi connectivity index (χ1v) is 5.36. The smallest absolute Gasteiger partial charge is 0.151 e. The molecule has 0 atom stereocenters. The lowest BCUT2D eigenvalue weighted by Crippen LogP contribution is -2.02. The van der Waals surface area contributed by atoms with Crippen molar-refractivity contribution in [2.45, 2.75) is 6.61 Å². The van der Waals surface area contributed by atoms with Crippen LogP contribution >= 0.6 is 11.6 Å². The van der Waals surface area contributed by atoms with Crippen LogP contribution in [-0.2, 0) is 6.61 Å². The standard InChI is InChI=1S/C13H9ClF2O/c14-11-6-7-12(15)10(13(11)16)8-17-9-4-2-1-3-5-9/h1-7H,8H2. The molecule has 0 saturated heterocycles. The monoisotopic (exact) mass is 254 g/mol. The first kappa shape index (κ1) is 11.9. The second-order valence-electron chi connectivity index (χ2n) is 3.42. The van der Waals surface area contributed by atoms with Crippen molar-refractivity contribution in [2.24, 2.45) is 0 Å². The molecule has 0 fully saturated rings. The molecule has 17 heavy (non-hydrogen) atoms. The topological polar surface area (TPSA) is 9.23 Å². The molecular formula is C13H9ClF2O. The Morgan fingerprint density at radius 1 is 1.00 bits per heavy atom. The van der Waals surface area contributed by atoms with Crippen LogP contribution in [0.25, 0.3) is 0 Å². The van der Waals surface area contributed by atoms with Gasteiger partial charge in [0.1, 0.15) is 18.2 Å². The fraction of sp³-hybridized carbons (Fsp3) is 0.0769. The van der Waals surface area contributed by atoms with Gasteiger partial charge in [-0.25, -0.2) is 8.78 Å². The van der Waals surface area contributed by atoms with Crippen molar-refractivity contribution >= 4 is 11.6 Å². The first-order valence-electron chi connectivity index (χ1n) is 4.98. The number of para-hydroxylation sites is 1. The number of hydrogen-bond donors (Lipinski definition) is 0. The van der Waals surface area contributed by atoms with Gasteiger partial charge in [0.25, 0.3) is 0 Å². The molecule has 0 radical (unpaired) electrons. The Morgan fingerprint density at radius 3 is 2.41 bits per heavy atom. The third-order valence-electron chi connectivity index (χ3n) is 2.27. The van der Waals surface area contributed by atoms with E-state index in [-0.39, 0.29) is 17.2 Å². The molecule has 2 rings (SSSR count). The molecule has 0 saturated carbocycles. The molecule has 2 aromatic carbocycles. The van der Waals surface area contributed by atoms with Gasteiger partial charge in [-0.1, -0.05) is 29.8 Å². The van der Waals surface area contributed by atoms with Gasteiger partial charge >= 0.3 is 0 Å². The molecule has 1 nitrogen and oxygen atoms in total. The zero-order chi connectivity index (χ0) is 12.3. The number of rotatable bonds is 3. The molecule has 0 heterocycles. The summed E-state index contributed by atoms with van der Waals surface area (Å²) >= 11 is 5.57. The number of halogens is 3. The van der Waals surface area contributed by atoms with Gasteiger partial charge in [-0.15, -0.1) is 0 Å². The van der Waals surface area contributed by atoms with Crippen LogP contribution in [0.2, 0.25) is 5.02 Å². The van der Waals surface area contributed by atoms with Gasteiger partial charge in [0, 0.05) is 0 Å². The Morgan fingerprint density at radius 2 is 1.71 bits per heavy atom. The molecule has 4 heteroatoms. The van der Waals surface area contributed by atoms with Gasteiger partial charge in [0.15, 0.2) is 5.82 Å². The van der Waals surface area contributed by atoms with E-state index < -0.39 is 11.6 Å². The molecule has 0 amide bonds. The summed E-state index contributed by atoms with van der Waals surface area (Å²) in [6, 6.07) is 11.1. The van der Waals surface area contributed by atoms with Crippen LogP contribution in [0.15, 0.2) is 42.5 Å². The average Bonchev–Trinajstić information content (AvgIpc) is 2.35. The van der Waals surface area contributed by atoms with E-state index in [0.717, 1.165) is 6.07 Å². The minimum absolute atomic E-state index is 0.113. The second-order valence-corrected chi connectivity index (χ2v) is 3.83. The van der Waals surface area contributed by atoms with Gasteiger partial charge in [0.2, 0.25) is 0 Å². The Hall–Kier alpha value is -1.61. The third kappa shape index (κ3) is 2.74. The average molecular weight is 255 g/mol. The summed E-state index contributed by atoms with van der Waals surface area (Å²) in [6.45, 7) is -0.192. The Balaban J connectivity index is 2.17. The van der Waals surface area contributed by atoms with Crippen LogP contribution in [0, 0.1) is 11.6 Å². The number of benzene rings is 2. The molecule has 0 aliphatic carbocycles. The Labute approximate surface area is 103 Å². The summed E-state index contributed by atoms with van der Waals surface area (Å²) in [5, 5.41) is -0.113. The van der Waals surface area contributed by atoms with Crippen LogP contribution in [0.5, 0.6) is 5.75 Å². The predicted molar refractivity (Wildman–Crippen MR) is 62.1 cm³/mol. The Bertz CT molecular complexity index is 514. The molecule has 0 aliphatic heterocycles. The maximum absolute atomic E-state index is 13.5. The molecule has 0 bridgehead atoms. The van der Waals surface area contributed by atoms with E-state index in [1.807, 2.05) is 6.07 Å². The quantitative estimate of drug-likeness (QED) is 0.746. The minimum atomic E-state index is -0.775. The van der Waals surface area contributed by atoms with E-state index in [0.29, 0.717) is 5.75 Å². The van der Waals surface area contributed by atoms with Gasteiger partial charge in [0.05, 0.1) is 10.6 Å². The number of hydrogen-bond acceptors (Lipinski definition) is 1. The largest absolute Gasteiger partial charge is 0.489 e. The molecule has 88 valence electrons. The molecule has 0 aromatic heterocycles. The summed E-state index contributed by atoms with van der Waals surface area (Å²) in [5.74, 6) is -0.892. The zero-order valence-electron chi connectivity index (χ0n) is 8.79. The van der Waals surface area contributed by atoms with Crippen LogP contribution in [0.1, 0.15) is 5.56 Å². The lowest BCUT2D eigenvalue weighted by Gasteiger charge is -2.08. The summed E-state index contributed by atoms with van der Waals surface area (Å²) < 4.78 is 32.1. The van der Waals surface area contributed by atoms with Crippen molar-refractivity contribution in [3.8, 4) is 5.75 Å². The van der Waals surface area contributed by atoms with Crippen molar-refractivity contribution in [3.05, 3.63) is 64.7 Å². The van der Waals surface area contributed by atoms with E-state index in [1.54, 1.807) is 24.3 Å². The maximum Gasteiger partial charge on any atom is 0.151 e. The normalized spacial score (nSPS) is 10.3. The molecule has 0 N–H and O–H groups in total. The van der Waals surface area contributed by atoms with E-state index in [2.05, 4.69) is 0 Å². The number of ether oxygens (including phenoxy) is 1. The van der Waals surface area contributed by atoms with Gasteiger partial charge < -0.3 is 4.74 Å². The second kappa shape index (κ2) is 5.15. The van der Waals surface area contributed by atoms with Crippen LogP contribution in [-0.4, -0.2) is 0 Å². The predicted octanol–water partition coefficient (Wildman–Crippen LogP) is 4.20. The maximum atomic E-state index is 13.5. The lowest BCUT2D eigenvalue weighted by molar-refractivity contribution is 0.292. The SMILES string of the molecule is Fc1ccc(Cl)c(F)c1COc1ccccc1. The fourth-order valence-electron chi connectivity index (χ4n) is 1.37. The van der Waals surface area contributed by atoms with Crippen molar-refractivity contribution < 1.29 is 13.5 Å². The molecule has 2 aromatic rings. The van der Waals surface area contributed by atoms with E-state index in [1.165, 1.54) is 6.07 Å². The van der Waals surface area contributed by atoms with Crippen molar-refractivity contribution in [2.75, 3.05) is 0 Å². The molecule has 0 spiro atoms. The highest BCUT2D eigenvalue weighted by Crippen LogP contribution is 2.22. The zero-order valence-corrected chi connectivity index (χ0v) is 9.55. The summed E-state index contributed by atoms with van der Waals surface area (Å²) in [7, 11) is 0. The van der Waals surface area contributed by atoms with Crippen LogP contribution in [0.4, 0.5) is 8.78 Å². The summed E-state index contributed by atoms with van der Waals surface area (Å²) in [6.07, 6.45) is 0. The first-order chi connectivity index (χ1) is 8.18. The highest BCUT2D eigenvalue weighted by atomic mass is 35.5. The van der Waals surface area contributed by atoms with Crippen molar-refractivity contribution in [3.63, 3.8) is 0 Å². The Kier molecular flexibility index (Phi) is 3.59. The third-order valence-corrected chi connectivity index (χ3v) is 2.56. The van der Waals surface area contributed by atoms with E-state index >= 15 is 0 Å². The highest BCUT2D eigenvalue weighted by molar-refractivity contribution is 6.30. The van der Waals surface area contributed by atoms with Gasteiger partial charge in [-0.05, 0) is 24.3 Å². The fourth-order valence-corrected chi connectivity index (χ4v) is 1.55. The lowest BCUT2D eigenvalue weighted by atomic mass is 10.2. The van der Waals surface area contributed by atoms with E-state index in [9.17, 15) is 8.78 Å². The van der Waals surface area contributed by atoms with E-state index in [4.69, 9.17) is 16.3 Å². The minimum Gasteiger partial charge on any atom is -0.489 e. The van der Waals surface area contributed by atoms with Crippen LogP contribution in [0.3, 0.4) is 0 Å². The molecule has 0 unspecified atom stereocenters. The molecule has 0 aliphatic rings. The van der Waals surface area contributed by atoms with Crippen molar-refractivity contribution in [1.29, 1.82) is 0 Å². The highest BCUT2D eigenvalue weighted by Gasteiger charge is 2.12. The summed E-state index contributed by atoms with van der Waals surface area (Å²) in [5.41, 5.74) is -0.165. The van der Waals surface area contributed by atoms with Gasteiger partial charge in [-0.2, -0.15) is 0 Å². The summed E-state index contributed by atoms with van der Waals surface area (Å²) in [4.78, 5) is 0. The molecular weight excluding hydrogens is 246 g/mol. The van der Waals surface area contributed by atoms with Crippen LogP contribution < -0.4 is 4.74 Å². The van der Waals surface area contributed by atoms with Gasteiger partial charge in [-0.3, -0.25) is 0 Å².